The lowest BCUT2D eigenvalue weighted by Gasteiger charge is -2.44. The third-order valence-corrected chi connectivity index (χ3v) is 7.03. The van der Waals surface area contributed by atoms with E-state index < -0.39 is 42.2 Å². The molecule has 0 unspecified atom stereocenters. The maximum absolute atomic E-state index is 13.5. The second-order valence-corrected chi connectivity index (χ2v) is 10.3. The number of amides is 1. The summed E-state index contributed by atoms with van der Waals surface area (Å²) in [7, 11) is 4.04. The molecular weight excluding hydrogens is 542 g/mol. The summed E-state index contributed by atoms with van der Waals surface area (Å²) in [5, 5.41) is 0. The Balaban J connectivity index is 2.17. The summed E-state index contributed by atoms with van der Waals surface area (Å²) >= 11 is 0. The van der Waals surface area contributed by atoms with Crippen LogP contribution in [0.3, 0.4) is 0 Å². The van der Waals surface area contributed by atoms with Gasteiger partial charge >= 0.3 is 18.4 Å². The molecule has 3 rings (SSSR count). The second kappa shape index (κ2) is 12.1. The van der Waals surface area contributed by atoms with Crippen molar-refractivity contribution in [2.24, 2.45) is 5.92 Å². The molecule has 0 fully saturated rings. The van der Waals surface area contributed by atoms with Crippen LogP contribution < -0.4 is 14.4 Å². The summed E-state index contributed by atoms with van der Waals surface area (Å²) in [6.45, 7) is 6.28. The molecule has 2 aromatic rings. The van der Waals surface area contributed by atoms with E-state index in [1.165, 1.54) is 14.2 Å². The average molecular weight is 577 g/mol. The number of benzene rings is 2. The highest BCUT2D eigenvalue weighted by Crippen LogP contribution is 2.47. The molecular formula is C28H34F6N2O4. The van der Waals surface area contributed by atoms with Gasteiger partial charge < -0.3 is 19.1 Å². The third-order valence-electron chi connectivity index (χ3n) is 7.03. The van der Waals surface area contributed by atoms with Crippen LogP contribution in [-0.4, -0.2) is 44.9 Å². The fourth-order valence-corrected chi connectivity index (χ4v) is 4.97. The van der Waals surface area contributed by atoms with Crippen LogP contribution in [0.25, 0.3) is 0 Å². The number of hydrogen-bond donors (Lipinski definition) is 0. The van der Waals surface area contributed by atoms with Gasteiger partial charge in [-0.3, -0.25) is 4.90 Å². The van der Waals surface area contributed by atoms with E-state index in [4.69, 9.17) is 14.2 Å². The van der Waals surface area contributed by atoms with Crippen molar-refractivity contribution in [1.82, 2.24) is 4.90 Å². The maximum Gasteiger partial charge on any atom is 0.416 e. The Hall–Kier alpha value is -3.31. The quantitative estimate of drug-likeness (QED) is 0.302. The summed E-state index contributed by atoms with van der Waals surface area (Å²) in [5.74, 6) is 1.22. The highest BCUT2D eigenvalue weighted by molar-refractivity contribution is 5.71. The molecule has 222 valence electrons. The minimum atomic E-state index is -5.01. The van der Waals surface area contributed by atoms with Gasteiger partial charge in [0, 0.05) is 36.4 Å². The van der Waals surface area contributed by atoms with Crippen molar-refractivity contribution in [3.63, 3.8) is 0 Å². The number of nitrogens with zero attached hydrogens (tertiary/aromatic N) is 2. The number of fused-ring (bicyclic) bond motifs is 1. The number of anilines is 1. The molecule has 0 saturated carbocycles. The summed E-state index contributed by atoms with van der Waals surface area (Å²) in [5.41, 5.74) is -1.88. The predicted molar refractivity (Wildman–Crippen MR) is 138 cm³/mol. The summed E-state index contributed by atoms with van der Waals surface area (Å²) in [6.07, 6.45) is -9.70. The first-order valence-electron chi connectivity index (χ1n) is 12.8. The van der Waals surface area contributed by atoms with Crippen LogP contribution in [0.15, 0.2) is 30.3 Å². The average Bonchev–Trinajstić information content (AvgIpc) is 2.88. The Morgan fingerprint density at radius 3 is 1.98 bits per heavy atom. The Bertz CT molecular complexity index is 1170. The molecule has 0 aliphatic carbocycles. The largest absolute Gasteiger partial charge is 0.493 e. The van der Waals surface area contributed by atoms with E-state index in [0.29, 0.717) is 48.1 Å². The number of halogens is 6. The zero-order chi connectivity index (χ0) is 30.0. The highest BCUT2D eigenvalue weighted by atomic mass is 19.4. The van der Waals surface area contributed by atoms with Crippen molar-refractivity contribution in [2.45, 2.75) is 64.6 Å². The van der Waals surface area contributed by atoms with Gasteiger partial charge in [0.15, 0.2) is 11.5 Å². The predicted octanol–water partition coefficient (Wildman–Crippen LogP) is 7.70. The van der Waals surface area contributed by atoms with Gasteiger partial charge in [-0.05, 0) is 55.5 Å². The lowest BCUT2D eigenvalue weighted by atomic mass is 9.89. The smallest absolute Gasteiger partial charge is 0.416 e. The SMILES string of the molecule is COC(=O)N(Cc1cc(C(F)(F)F)cc(C(F)(F)F)c1)[C@@H]1C[C@H](C)N(CCC(C)C)c2cc(OC)c(OC)cc21. The molecule has 0 bridgehead atoms. The van der Waals surface area contributed by atoms with Crippen LogP contribution in [0.2, 0.25) is 0 Å². The van der Waals surface area contributed by atoms with Crippen molar-refractivity contribution in [3.8, 4) is 11.5 Å². The molecule has 0 saturated heterocycles. The van der Waals surface area contributed by atoms with Crippen molar-refractivity contribution in [2.75, 3.05) is 32.8 Å². The van der Waals surface area contributed by atoms with Crippen LogP contribution in [0.1, 0.15) is 61.9 Å². The molecule has 2 atom stereocenters. The number of hydrogen-bond acceptors (Lipinski definition) is 5. The molecule has 6 nitrogen and oxygen atoms in total. The van der Waals surface area contributed by atoms with Crippen molar-refractivity contribution >= 4 is 11.8 Å². The first-order chi connectivity index (χ1) is 18.6. The molecule has 1 heterocycles. The summed E-state index contributed by atoms with van der Waals surface area (Å²) < 4.78 is 97.1. The first-order valence-corrected chi connectivity index (χ1v) is 12.8. The molecule has 0 radical (unpaired) electrons. The molecule has 1 aliphatic heterocycles. The maximum atomic E-state index is 13.5. The second-order valence-electron chi connectivity index (χ2n) is 10.3. The third kappa shape index (κ3) is 6.87. The Morgan fingerprint density at radius 1 is 0.950 bits per heavy atom. The van der Waals surface area contributed by atoms with Crippen molar-refractivity contribution < 1.29 is 45.3 Å². The number of rotatable bonds is 8. The molecule has 40 heavy (non-hydrogen) atoms. The van der Waals surface area contributed by atoms with Gasteiger partial charge in [-0.2, -0.15) is 26.3 Å². The number of alkyl halides is 6. The van der Waals surface area contributed by atoms with E-state index in [-0.39, 0.29) is 17.7 Å². The summed E-state index contributed by atoms with van der Waals surface area (Å²) in [4.78, 5) is 16.4. The topological polar surface area (TPSA) is 51.2 Å². The molecule has 0 N–H and O–H groups in total. The fraction of sp³-hybridized carbons (Fsp3) is 0.536. The molecule has 1 amide bonds. The van der Waals surface area contributed by atoms with Gasteiger partial charge in [-0.1, -0.05) is 13.8 Å². The van der Waals surface area contributed by atoms with Crippen LogP contribution in [0.4, 0.5) is 36.8 Å². The molecule has 1 aliphatic rings. The van der Waals surface area contributed by atoms with E-state index in [0.717, 1.165) is 24.1 Å². The Morgan fingerprint density at radius 2 is 1.50 bits per heavy atom. The van der Waals surface area contributed by atoms with Gasteiger partial charge in [-0.15, -0.1) is 0 Å². The normalized spacial score (nSPS) is 17.5. The number of ether oxygens (including phenoxy) is 3. The number of methoxy groups -OCH3 is 3. The Labute approximate surface area is 229 Å². The van der Waals surface area contributed by atoms with Gasteiger partial charge in [0.2, 0.25) is 0 Å². The first kappa shape index (κ1) is 31.2. The van der Waals surface area contributed by atoms with Gasteiger partial charge in [0.1, 0.15) is 0 Å². The monoisotopic (exact) mass is 576 g/mol. The van der Waals surface area contributed by atoms with Crippen LogP contribution in [-0.2, 0) is 23.6 Å². The van der Waals surface area contributed by atoms with Gasteiger partial charge in [0.25, 0.3) is 0 Å². The Kier molecular flexibility index (Phi) is 9.41. The fourth-order valence-electron chi connectivity index (χ4n) is 4.97. The highest BCUT2D eigenvalue weighted by Gasteiger charge is 2.40. The molecule has 12 heteroatoms. The van der Waals surface area contributed by atoms with E-state index in [1.54, 1.807) is 12.1 Å². The molecule has 2 aromatic carbocycles. The van der Waals surface area contributed by atoms with Crippen LogP contribution >= 0.6 is 0 Å². The van der Waals surface area contributed by atoms with E-state index in [9.17, 15) is 31.1 Å². The van der Waals surface area contributed by atoms with Crippen molar-refractivity contribution in [3.05, 3.63) is 52.6 Å². The minimum absolute atomic E-state index is 0.0632. The standard InChI is InChI=1S/C28H34F6N2O4/c1-16(2)7-8-35-17(3)9-22(21-13-24(38-4)25(39-5)14-23(21)35)36(26(37)40-6)15-18-10-19(27(29,30)31)12-20(11-18)28(32,33)34/h10-14,16-17,22H,7-9,15H2,1-6H3/t17-,22+/m0/s1. The van der Waals surface area contributed by atoms with Crippen LogP contribution in [0, 0.1) is 5.92 Å². The van der Waals surface area contributed by atoms with Gasteiger partial charge in [-0.25, -0.2) is 4.79 Å². The summed E-state index contributed by atoms with van der Waals surface area (Å²) in [6, 6.07) is 3.91. The van der Waals surface area contributed by atoms with E-state index in [2.05, 4.69) is 18.7 Å². The minimum Gasteiger partial charge on any atom is -0.493 e. The molecule has 0 aromatic heterocycles. The zero-order valence-corrected chi connectivity index (χ0v) is 23.2. The lowest BCUT2D eigenvalue weighted by Crippen LogP contribution is -2.45. The van der Waals surface area contributed by atoms with Gasteiger partial charge in [0.05, 0.1) is 38.5 Å². The zero-order valence-electron chi connectivity index (χ0n) is 23.2. The number of carbonyl (C=O) groups excluding carboxylic acids is 1. The van der Waals surface area contributed by atoms with Crippen molar-refractivity contribution in [1.29, 1.82) is 0 Å². The van der Waals surface area contributed by atoms with E-state index >= 15 is 0 Å². The number of carbonyl (C=O) groups is 1. The van der Waals surface area contributed by atoms with E-state index in [1.807, 2.05) is 6.92 Å². The lowest BCUT2D eigenvalue weighted by molar-refractivity contribution is -0.143. The van der Waals surface area contributed by atoms with Crippen LogP contribution in [0.5, 0.6) is 11.5 Å². The molecule has 0 spiro atoms.